The highest BCUT2D eigenvalue weighted by Gasteiger charge is 2.23. The van der Waals surface area contributed by atoms with Crippen molar-refractivity contribution in [1.29, 1.82) is 0 Å². The van der Waals surface area contributed by atoms with Gasteiger partial charge >= 0.3 is 5.97 Å². The van der Waals surface area contributed by atoms with Gasteiger partial charge in [-0.05, 0) is 44.0 Å². The topological polar surface area (TPSA) is 26.3 Å². The van der Waals surface area contributed by atoms with E-state index in [1.165, 1.54) is 0 Å². The quantitative estimate of drug-likeness (QED) is 0.590. The first-order valence-electron chi connectivity index (χ1n) is 6.34. The first-order valence-corrected chi connectivity index (χ1v) is 6.34. The van der Waals surface area contributed by atoms with Crippen LogP contribution in [-0.2, 0) is 4.79 Å². The molecule has 2 aromatic carbocycles. The van der Waals surface area contributed by atoms with Crippen molar-refractivity contribution in [2.24, 2.45) is 5.41 Å². The van der Waals surface area contributed by atoms with Crippen molar-refractivity contribution >= 4 is 5.97 Å². The highest BCUT2D eigenvalue weighted by molar-refractivity contribution is 5.78. The molecule has 0 aromatic heterocycles. The zero-order valence-corrected chi connectivity index (χ0v) is 11.5. The van der Waals surface area contributed by atoms with Crippen molar-refractivity contribution in [2.45, 2.75) is 20.8 Å². The minimum Gasteiger partial charge on any atom is -0.426 e. The smallest absolute Gasteiger partial charge is 0.316 e. The molecule has 0 fully saturated rings. The van der Waals surface area contributed by atoms with Gasteiger partial charge in [-0.15, -0.1) is 0 Å². The van der Waals surface area contributed by atoms with Gasteiger partial charge in [0.2, 0.25) is 0 Å². The first kappa shape index (κ1) is 13.3. The molecular formula is C17H18O2. The number of ether oxygens (including phenoxy) is 1. The first-order chi connectivity index (χ1) is 8.97. The van der Waals surface area contributed by atoms with E-state index in [2.05, 4.69) is 0 Å². The number of benzene rings is 2. The number of rotatable bonds is 2. The summed E-state index contributed by atoms with van der Waals surface area (Å²) in [4.78, 5) is 11.9. The van der Waals surface area contributed by atoms with Crippen LogP contribution in [0, 0.1) is 5.41 Å². The van der Waals surface area contributed by atoms with Crippen molar-refractivity contribution < 1.29 is 9.53 Å². The van der Waals surface area contributed by atoms with Gasteiger partial charge in [-0.3, -0.25) is 4.79 Å². The maximum atomic E-state index is 11.9. The SMILES string of the molecule is CC(C)(C)C(=O)Oc1cccc(-c2ccccc2)c1. The number of hydrogen-bond acceptors (Lipinski definition) is 2. The van der Waals surface area contributed by atoms with Gasteiger partial charge in [0.25, 0.3) is 0 Å². The summed E-state index contributed by atoms with van der Waals surface area (Å²) < 4.78 is 5.40. The molecule has 2 nitrogen and oxygen atoms in total. The molecule has 0 saturated heterocycles. The third kappa shape index (κ3) is 3.44. The van der Waals surface area contributed by atoms with Gasteiger partial charge in [0, 0.05) is 0 Å². The molecule has 2 aromatic rings. The van der Waals surface area contributed by atoms with Crippen LogP contribution in [0.1, 0.15) is 20.8 Å². The fourth-order valence-corrected chi connectivity index (χ4v) is 1.63. The molecule has 0 spiro atoms. The number of esters is 1. The van der Waals surface area contributed by atoms with E-state index in [0.29, 0.717) is 5.75 Å². The van der Waals surface area contributed by atoms with Crippen LogP contribution in [0.2, 0.25) is 0 Å². The van der Waals surface area contributed by atoms with Gasteiger partial charge in [0.15, 0.2) is 0 Å². The van der Waals surface area contributed by atoms with E-state index in [1.54, 1.807) is 6.07 Å². The predicted octanol–water partition coefficient (Wildman–Crippen LogP) is 4.31. The molecule has 0 saturated carbocycles. The number of carbonyl (C=O) groups is 1. The van der Waals surface area contributed by atoms with Gasteiger partial charge in [-0.1, -0.05) is 42.5 Å². The Bertz CT molecular complexity index is 565. The maximum Gasteiger partial charge on any atom is 0.316 e. The summed E-state index contributed by atoms with van der Waals surface area (Å²) in [5, 5.41) is 0. The molecule has 2 rings (SSSR count). The van der Waals surface area contributed by atoms with Crippen LogP contribution >= 0.6 is 0 Å². The van der Waals surface area contributed by atoms with Crippen molar-refractivity contribution in [3.05, 3.63) is 54.6 Å². The van der Waals surface area contributed by atoms with E-state index in [1.807, 2.05) is 69.3 Å². The highest BCUT2D eigenvalue weighted by atomic mass is 16.5. The van der Waals surface area contributed by atoms with Gasteiger partial charge < -0.3 is 4.74 Å². The zero-order chi connectivity index (χ0) is 13.9. The van der Waals surface area contributed by atoms with E-state index in [0.717, 1.165) is 11.1 Å². The lowest BCUT2D eigenvalue weighted by atomic mass is 9.97. The molecule has 0 aliphatic carbocycles. The normalized spacial score (nSPS) is 11.1. The van der Waals surface area contributed by atoms with Gasteiger partial charge in [-0.25, -0.2) is 0 Å². The van der Waals surface area contributed by atoms with Crippen molar-refractivity contribution in [2.75, 3.05) is 0 Å². The Morgan fingerprint density at radius 1 is 0.895 bits per heavy atom. The van der Waals surface area contributed by atoms with E-state index in [-0.39, 0.29) is 5.97 Å². The highest BCUT2D eigenvalue weighted by Crippen LogP contribution is 2.25. The molecule has 19 heavy (non-hydrogen) atoms. The molecule has 0 atom stereocenters. The second kappa shape index (κ2) is 5.27. The summed E-state index contributed by atoms with van der Waals surface area (Å²) in [5.41, 5.74) is 1.65. The third-order valence-corrected chi connectivity index (χ3v) is 2.76. The minimum atomic E-state index is -0.497. The lowest BCUT2D eigenvalue weighted by Gasteiger charge is -2.16. The van der Waals surface area contributed by atoms with Crippen LogP contribution in [0.25, 0.3) is 11.1 Å². The summed E-state index contributed by atoms with van der Waals surface area (Å²) in [6, 6.07) is 17.6. The Labute approximate surface area is 114 Å². The second-order valence-electron chi connectivity index (χ2n) is 5.53. The lowest BCUT2D eigenvalue weighted by Crippen LogP contribution is -2.25. The van der Waals surface area contributed by atoms with Crippen molar-refractivity contribution in [3.8, 4) is 16.9 Å². The summed E-state index contributed by atoms with van der Waals surface area (Å²) >= 11 is 0. The Morgan fingerprint density at radius 2 is 1.53 bits per heavy atom. The fraction of sp³-hybridized carbons (Fsp3) is 0.235. The predicted molar refractivity (Wildman–Crippen MR) is 77.0 cm³/mol. The van der Waals surface area contributed by atoms with Crippen molar-refractivity contribution in [1.82, 2.24) is 0 Å². The standard InChI is InChI=1S/C17H18O2/c1-17(2,3)16(18)19-15-11-7-10-14(12-15)13-8-5-4-6-9-13/h4-12H,1-3H3. The van der Waals surface area contributed by atoms with Gasteiger partial charge in [0.1, 0.15) is 5.75 Å². The lowest BCUT2D eigenvalue weighted by molar-refractivity contribution is -0.142. The van der Waals surface area contributed by atoms with Crippen LogP contribution in [-0.4, -0.2) is 5.97 Å². The summed E-state index contributed by atoms with van der Waals surface area (Å²) in [6.45, 7) is 5.53. The minimum absolute atomic E-state index is 0.224. The van der Waals surface area contributed by atoms with E-state index < -0.39 is 5.41 Å². The number of carbonyl (C=O) groups excluding carboxylic acids is 1. The average molecular weight is 254 g/mol. The molecule has 0 aliphatic heterocycles. The molecule has 2 heteroatoms. The van der Waals surface area contributed by atoms with Crippen molar-refractivity contribution in [3.63, 3.8) is 0 Å². The van der Waals surface area contributed by atoms with Crippen LogP contribution in [0.5, 0.6) is 5.75 Å². The maximum absolute atomic E-state index is 11.9. The average Bonchev–Trinajstić information content (AvgIpc) is 2.39. The molecule has 0 aliphatic rings. The summed E-state index contributed by atoms with van der Waals surface area (Å²) in [7, 11) is 0. The Morgan fingerprint density at radius 3 is 2.16 bits per heavy atom. The van der Waals surface area contributed by atoms with E-state index in [9.17, 15) is 4.79 Å². The summed E-state index contributed by atoms with van der Waals surface area (Å²) in [6.07, 6.45) is 0. The Kier molecular flexibility index (Phi) is 3.70. The van der Waals surface area contributed by atoms with Crippen LogP contribution in [0.4, 0.5) is 0 Å². The molecule has 0 amide bonds. The summed E-state index contributed by atoms with van der Waals surface area (Å²) in [5.74, 6) is 0.360. The van der Waals surface area contributed by atoms with Gasteiger partial charge in [-0.2, -0.15) is 0 Å². The number of hydrogen-bond donors (Lipinski definition) is 0. The molecular weight excluding hydrogens is 236 g/mol. The molecule has 0 N–H and O–H groups in total. The van der Waals surface area contributed by atoms with Crippen LogP contribution < -0.4 is 4.74 Å². The zero-order valence-electron chi connectivity index (χ0n) is 11.5. The molecule has 0 unspecified atom stereocenters. The molecule has 0 heterocycles. The monoisotopic (exact) mass is 254 g/mol. The van der Waals surface area contributed by atoms with Gasteiger partial charge in [0.05, 0.1) is 5.41 Å². The molecule has 98 valence electrons. The van der Waals surface area contributed by atoms with Crippen LogP contribution in [0.15, 0.2) is 54.6 Å². The molecule has 0 radical (unpaired) electrons. The largest absolute Gasteiger partial charge is 0.426 e. The molecule has 0 bridgehead atoms. The fourth-order valence-electron chi connectivity index (χ4n) is 1.63. The Balaban J connectivity index is 2.24. The third-order valence-electron chi connectivity index (χ3n) is 2.76. The van der Waals surface area contributed by atoms with E-state index >= 15 is 0 Å². The van der Waals surface area contributed by atoms with Crippen LogP contribution in [0.3, 0.4) is 0 Å². The Hall–Kier alpha value is -2.09. The second-order valence-corrected chi connectivity index (χ2v) is 5.53. The van der Waals surface area contributed by atoms with E-state index in [4.69, 9.17) is 4.74 Å².